The highest BCUT2D eigenvalue weighted by atomic mass is 79.9. The van der Waals surface area contributed by atoms with Gasteiger partial charge in [-0.05, 0) is 11.6 Å². The van der Waals surface area contributed by atoms with Crippen LogP contribution in [0.5, 0.6) is 0 Å². The van der Waals surface area contributed by atoms with Crippen molar-refractivity contribution in [3.63, 3.8) is 0 Å². The zero-order chi connectivity index (χ0) is 11.8. The number of alkyl halides is 3. The van der Waals surface area contributed by atoms with Crippen LogP contribution in [0.15, 0.2) is 28.7 Å². The number of benzene rings is 1. The van der Waals surface area contributed by atoms with Gasteiger partial charge in [0.25, 0.3) is 0 Å². The lowest BCUT2D eigenvalue weighted by Crippen LogP contribution is -2.57. The number of ether oxygens (including phenoxy) is 1. The van der Waals surface area contributed by atoms with Crippen molar-refractivity contribution in [3.8, 4) is 0 Å². The first-order chi connectivity index (χ1) is 7.45. The summed E-state index contributed by atoms with van der Waals surface area (Å²) in [6.07, 6.45) is -4.39. The van der Waals surface area contributed by atoms with Crippen molar-refractivity contribution in [1.82, 2.24) is 0 Å². The Morgan fingerprint density at radius 3 is 2.38 bits per heavy atom. The normalized spacial score (nSPS) is 25.2. The molecule has 1 aliphatic heterocycles. The SMILES string of the molecule is FC(F)(F)C1(Cc2ccccc2Br)CCO1. The van der Waals surface area contributed by atoms with E-state index in [1.807, 2.05) is 0 Å². The zero-order valence-corrected chi connectivity index (χ0v) is 9.94. The van der Waals surface area contributed by atoms with Gasteiger partial charge >= 0.3 is 6.18 Å². The number of hydrogen-bond donors (Lipinski definition) is 0. The first-order valence-corrected chi connectivity index (χ1v) is 5.68. The number of hydrogen-bond acceptors (Lipinski definition) is 1. The van der Waals surface area contributed by atoms with E-state index in [2.05, 4.69) is 15.9 Å². The topological polar surface area (TPSA) is 9.23 Å². The predicted octanol–water partition coefficient (Wildman–Crippen LogP) is 3.71. The van der Waals surface area contributed by atoms with Crippen LogP contribution >= 0.6 is 15.9 Å². The molecule has 0 spiro atoms. The van der Waals surface area contributed by atoms with Crippen molar-refractivity contribution < 1.29 is 17.9 Å². The van der Waals surface area contributed by atoms with Gasteiger partial charge in [0.15, 0.2) is 5.60 Å². The average Bonchev–Trinajstić information content (AvgIpc) is 2.11. The van der Waals surface area contributed by atoms with Gasteiger partial charge in [-0.2, -0.15) is 13.2 Å². The van der Waals surface area contributed by atoms with Crippen molar-refractivity contribution in [2.45, 2.75) is 24.6 Å². The Balaban J connectivity index is 2.23. The quantitative estimate of drug-likeness (QED) is 0.808. The lowest BCUT2D eigenvalue weighted by atomic mass is 9.87. The highest BCUT2D eigenvalue weighted by Crippen LogP contribution is 2.45. The molecule has 0 radical (unpaired) electrons. The second kappa shape index (κ2) is 4.04. The molecule has 16 heavy (non-hydrogen) atoms. The molecular formula is C11H10BrF3O. The van der Waals surface area contributed by atoms with Crippen LogP contribution in [0.25, 0.3) is 0 Å². The standard InChI is InChI=1S/C11H10BrF3O/c12-9-4-2-1-3-8(9)7-10(5-6-16-10)11(13,14)15/h1-4H,5-7H2. The third kappa shape index (κ3) is 1.98. The maximum Gasteiger partial charge on any atom is 0.417 e. The van der Waals surface area contributed by atoms with Crippen LogP contribution in [0, 0.1) is 0 Å². The molecule has 88 valence electrons. The summed E-state index contributed by atoms with van der Waals surface area (Å²) in [6.45, 7) is 0.184. The van der Waals surface area contributed by atoms with Gasteiger partial charge in [0.05, 0.1) is 6.61 Å². The molecule has 1 atom stereocenters. The molecule has 2 rings (SSSR count). The van der Waals surface area contributed by atoms with Crippen molar-refractivity contribution in [3.05, 3.63) is 34.3 Å². The predicted molar refractivity (Wildman–Crippen MR) is 57.2 cm³/mol. The van der Waals surface area contributed by atoms with E-state index >= 15 is 0 Å². The third-order valence-corrected chi connectivity index (χ3v) is 3.61. The summed E-state index contributed by atoms with van der Waals surface area (Å²) in [5.41, 5.74) is -1.35. The first-order valence-electron chi connectivity index (χ1n) is 4.89. The molecule has 0 N–H and O–H groups in total. The van der Waals surface area contributed by atoms with Gasteiger partial charge in [-0.1, -0.05) is 34.1 Å². The fourth-order valence-corrected chi connectivity index (χ4v) is 2.19. The monoisotopic (exact) mass is 294 g/mol. The highest BCUT2D eigenvalue weighted by molar-refractivity contribution is 9.10. The van der Waals surface area contributed by atoms with Gasteiger partial charge in [-0.3, -0.25) is 0 Å². The van der Waals surface area contributed by atoms with E-state index in [9.17, 15) is 13.2 Å². The van der Waals surface area contributed by atoms with E-state index in [4.69, 9.17) is 4.74 Å². The fourth-order valence-electron chi connectivity index (χ4n) is 1.76. The fraction of sp³-hybridized carbons (Fsp3) is 0.455. The minimum atomic E-state index is -4.31. The Kier molecular flexibility index (Phi) is 3.01. The summed E-state index contributed by atoms with van der Waals surface area (Å²) in [5, 5.41) is 0. The first kappa shape index (κ1) is 11.9. The zero-order valence-electron chi connectivity index (χ0n) is 8.35. The van der Waals surface area contributed by atoms with Crippen LogP contribution < -0.4 is 0 Å². The number of halogens is 4. The van der Waals surface area contributed by atoms with E-state index < -0.39 is 11.8 Å². The molecule has 5 heteroatoms. The minimum absolute atomic E-state index is 0.0395. The molecule has 1 aromatic carbocycles. The lowest BCUT2D eigenvalue weighted by molar-refractivity contribution is -0.324. The Labute approximate surface area is 99.7 Å². The average molecular weight is 295 g/mol. The van der Waals surface area contributed by atoms with E-state index in [1.165, 1.54) is 0 Å². The van der Waals surface area contributed by atoms with E-state index in [1.54, 1.807) is 24.3 Å². The van der Waals surface area contributed by atoms with E-state index in [0.717, 1.165) is 0 Å². The molecule has 1 nitrogen and oxygen atoms in total. The van der Waals surface area contributed by atoms with Crippen LogP contribution in [0.1, 0.15) is 12.0 Å². The molecule has 0 amide bonds. The Morgan fingerprint density at radius 1 is 1.31 bits per heavy atom. The van der Waals surface area contributed by atoms with Gasteiger partial charge in [-0.15, -0.1) is 0 Å². The summed E-state index contributed by atoms with van der Waals surface area (Å²) in [6, 6.07) is 6.91. The van der Waals surface area contributed by atoms with Gasteiger partial charge in [0.1, 0.15) is 0 Å². The third-order valence-electron chi connectivity index (χ3n) is 2.83. The van der Waals surface area contributed by atoms with Crippen LogP contribution in [-0.4, -0.2) is 18.4 Å². The largest absolute Gasteiger partial charge is 0.417 e. The van der Waals surface area contributed by atoms with Crippen molar-refractivity contribution in [2.24, 2.45) is 0 Å². The van der Waals surface area contributed by atoms with Gasteiger partial charge in [-0.25, -0.2) is 0 Å². The molecule has 0 aliphatic carbocycles. The van der Waals surface area contributed by atoms with Crippen molar-refractivity contribution >= 4 is 15.9 Å². The molecule has 0 saturated carbocycles. The Bertz CT molecular complexity index is 385. The molecule has 0 aromatic heterocycles. The summed E-state index contributed by atoms with van der Waals surface area (Å²) in [7, 11) is 0. The smallest absolute Gasteiger partial charge is 0.365 e. The van der Waals surface area contributed by atoms with Crippen LogP contribution in [-0.2, 0) is 11.2 Å². The van der Waals surface area contributed by atoms with Crippen LogP contribution in [0.3, 0.4) is 0 Å². The van der Waals surface area contributed by atoms with Crippen LogP contribution in [0.4, 0.5) is 13.2 Å². The second-order valence-corrected chi connectivity index (χ2v) is 4.71. The summed E-state index contributed by atoms with van der Waals surface area (Å²) in [5.74, 6) is 0. The van der Waals surface area contributed by atoms with E-state index in [0.29, 0.717) is 10.0 Å². The molecule has 1 aromatic rings. The molecule has 1 fully saturated rings. The highest BCUT2D eigenvalue weighted by Gasteiger charge is 2.60. The molecule has 1 saturated heterocycles. The van der Waals surface area contributed by atoms with Gasteiger partial charge in [0.2, 0.25) is 0 Å². The van der Waals surface area contributed by atoms with Crippen molar-refractivity contribution in [2.75, 3.05) is 6.61 Å². The summed E-state index contributed by atoms with van der Waals surface area (Å²) in [4.78, 5) is 0. The lowest BCUT2D eigenvalue weighted by Gasteiger charge is -2.43. The summed E-state index contributed by atoms with van der Waals surface area (Å²) < 4.78 is 44.0. The van der Waals surface area contributed by atoms with Gasteiger partial charge in [0, 0.05) is 17.3 Å². The summed E-state index contributed by atoms with van der Waals surface area (Å²) >= 11 is 3.25. The van der Waals surface area contributed by atoms with Crippen LogP contribution in [0.2, 0.25) is 0 Å². The maximum absolute atomic E-state index is 12.8. The minimum Gasteiger partial charge on any atom is -0.365 e. The Hall–Kier alpha value is -0.550. The molecule has 1 unspecified atom stereocenters. The second-order valence-electron chi connectivity index (χ2n) is 3.86. The maximum atomic E-state index is 12.8. The molecule has 1 heterocycles. The number of rotatable bonds is 2. The van der Waals surface area contributed by atoms with E-state index in [-0.39, 0.29) is 19.4 Å². The molecular weight excluding hydrogens is 285 g/mol. The Morgan fingerprint density at radius 2 is 1.94 bits per heavy atom. The van der Waals surface area contributed by atoms with Crippen molar-refractivity contribution in [1.29, 1.82) is 0 Å². The van der Waals surface area contributed by atoms with Gasteiger partial charge < -0.3 is 4.74 Å². The molecule has 0 bridgehead atoms. The molecule has 1 aliphatic rings.